The van der Waals surface area contributed by atoms with Gasteiger partial charge in [0.25, 0.3) is 0 Å². The lowest BCUT2D eigenvalue weighted by atomic mass is 9.72. The van der Waals surface area contributed by atoms with Crippen LogP contribution in [0.4, 0.5) is 17.6 Å². The van der Waals surface area contributed by atoms with Gasteiger partial charge in [0, 0.05) is 26.2 Å². The molecule has 4 aromatic rings. The highest BCUT2D eigenvalue weighted by molar-refractivity contribution is 9.09. The summed E-state index contributed by atoms with van der Waals surface area (Å²) in [5, 5.41) is 11.4. The lowest BCUT2D eigenvalue weighted by Crippen LogP contribution is -2.37. The number of likely N-dealkylation sites (N-methyl/N-ethyl adjacent to an activating group) is 1. The molecule has 0 bridgehead atoms. The maximum Gasteiger partial charge on any atom is 0.320 e. The van der Waals surface area contributed by atoms with E-state index >= 15 is 0 Å². The highest BCUT2D eigenvalue weighted by atomic mass is 79.9. The molecule has 0 spiro atoms. The number of alkyl halides is 1. The molecule has 3 unspecified atom stereocenters. The molecule has 4 aromatic carbocycles. The highest BCUT2D eigenvalue weighted by Gasteiger charge is 2.42. The molecule has 2 aliphatic rings. The van der Waals surface area contributed by atoms with Crippen LogP contribution in [0.5, 0.6) is 0 Å². The predicted octanol–water partition coefficient (Wildman–Crippen LogP) is 11.5. The molecule has 11 heteroatoms. The average molecular weight is 830 g/mol. The monoisotopic (exact) mass is 827 g/mol. The first kappa shape index (κ1) is 41.1. The van der Waals surface area contributed by atoms with E-state index in [1.807, 2.05) is 48.5 Å². The first-order valence-electron chi connectivity index (χ1n) is 16.8. The third-order valence-electron chi connectivity index (χ3n) is 10.6. The van der Waals surface area contributed by atoms with Gasteiger partial charge < -0.3 is 5.11 Å². The van der Waals surface area contributed by atoms with Gasteiger partial charge in [-0.15, -0.1) is 12.4 Å². The first-order chi connectivity index (χ1) is 23.8. The van der Waals surface area contributed by atoms with Gasteiger partial charge in [-0.05, 0) is 154 Å². The number of rotatable bonds is 11. The highest BCUT2D eigenvalue weighted by Crippen LogP contribution is 2.49. The average Bonchev–Trinajstić information content (AvgIpc) is 3.63. The lowest BCUT2D eigenvalue weighted by molar-refractivity contribution is -0.142. The number of nitrogens with zero attached hydrogens (tertiary/aromatic N) is 1. The summed E-state index contributed by atoms with van der Waals surface area (Å²) >= 11 is 15.5. The molecule has 2 aliphatic carbocycles. The van der Waals surface area contributed by atoms with Crippen molar-refractivity contribution in [3.05, 3.63) is 139 Å². The summed E-state index contributed by atoms with van der Waals surface area (Å²) in [6, 6.07) is 20.1. The Kier molecular flexibility index (Phi) is 14.1. The molecular formula is C40H41BrCl3F4NO2. The number of fused-ring (bicyclic) bond motifs is 2. The van der Waals surface area contributed by atoms with Crippen molar-refractivity contribution in [3.8, 4) is 0 Å². The molecule has 6 rings (SSSR count). The van der Waals surface area contributed by atoms with E-state index in [9.17, 15) is 27.5 Å². The number of halogens is 8. The van der Waals surface area contributed by atoms with Crippen molar-refractivity contribution in [2.45, 2.75) is 75.2 Å². The number of carboxylic acid groups (broad SMARTS) is 1. The minimum atomic E-state index is -0.862. The Morgan fingerprint density at radius 3 is 1.55 bits per heavy atom. The number of aliphatic carboxylic acids is 1. The number of hydrogen-bond acceptors (Lipinski definition) is 2. The zero-order valence-corrected chi connectivity index (χ0v) is 32.3. The SMILES string of the molecule is CC(C(=O)O)N(C)CCCC1(c2ccc(Cl)cc2)CCc2cc(F)c(F)cc21.Cl.Fc1cc2c(cc1F)C(CCCBr)(c1ccc(Cl)cc1)CC2. The van der Waals surface area contributed by atoms with Crippen molar-refractivity contribution in [1.29, 1.82) is 0 Å². The van der Waals surface area contributed by atoms with Gasteiger partial charge in [0.2, 0.25) is 0 Å². The standard InChI is InChI=1S/C22H24ClF2NO2.C18H16BrClF2.ClH/c1-14(21(27)28)26(2)11-3-9-22(16-4-6-17(23)7-5-16)10-8-15-12-19(24)20(25)13-18(15)22;19-9-1-7-18(13-2-4-14(20)5-3-13)8-6-12-10-16(21)17(22)11-15(12)18;/h4-7,12-14H,3,8-11H2,1-2H3,(H,27,28);2-5,10-11H,1,6-9H2;1H. The van der Waals surface area contributed by atoms with Crippen LogP contribution in [0.25, 0.3) is 0 Å². The van der Waals surface area contributed by atoms with E-state index in [0.717, 1.165) is 77.2 Å². The molecule has 0 amide bonds. The zero-order chi connectivity index (χ0) is 36.2. The van der Waals surface area contributed by atoms with Crippen LogP contribution in [0.2, 0.25) is 10.0 Å². The molecule has 0 saturated carbocycles. The third kappa shape index (κ3) is 8.79. The molecule has 1 N–H and O–H groups in total. The second-order valence-electron chi connectivity index (χ2n) is 13.4. The van der Waals surface area contributed by atoms with Gasteiger partial charge >= 0.3 is 5.97 Å². The van der Waals surface area contributed by atoms with E-state index in [2.05, 4.69) is 15.9 Å². The van der Waals surface area contributed by atoms with Crippen molar-refractivity contribution in [2.24, 2.45) is 0 Å². The van der Waals surface area contributed by atoms with Crippen molar-refractivity contribution in [3.63, 3.8) is 0 Å². The Balaban J connectivity index is 0.000000230. The van der Waals surface area contributed by atoms with E-state index in [1.165, 1.54) is 24.3 Å². The Morgan fingerprint density at radius 1 is 0.765 bits per heavy atom. The van der Waals surface area contributed by atoms with Crippen LogP contribution < -0.4 is 0 Å². The molecule has 0 heterocycles. The molecule has 0 saturated heterocycles. The maximum absolute atomic E-state index is 14.1. The quantitative estimate of drug-likeness (QED) is 0.121. The van der Waals surface area contributed by atoms with Gasteiger partial charge in [0.15, 0.2) is 23.3 Å². The van der Waals surface area contributed by atoms with Crippen molar-refractivity contribution < 1.29 is 27.5 Å². The Morgan fingerprint density at radius 2 is 1.16 bits per heavy atom. The molecule has 0 radical (unpaired) electrons. The van der Waals surface area contributed by atoms with Crippen molar-refractivity contribution in [1.82, 2.24) is 4.90 Å². The predicted molar refractivity (Wildman–Crippen MR) is 203 cm³/mol. The minimum Gasteiger partial charge on any atom is -0.480 e. The van der Waals surface area contributed by atoms with E-state index in [1.54, 1.807) is 18.9 Å². The molecule has 0 aromatic heterocycles. The van der Waals surface area contributed by atoms with E-state index in [0.29, 0.717) is 29.4 Å². The fourth-order valence-corrected chi connectivity index (χ4v) is 8.31. The summed E-state index contributed by atoms with van der Waals surface area (Å²) < 4.78 is 55.2. The lowest BCUT2D eigenvalue weighted by Gasteiger charge is -2.33. The summed E-state index contributed by atoms with van der Waals surface area (Å²) in [5.74, 6) is -4.04. The Labute approximate surface area is 321 Å². The molecule has 0 aliphatic heterocycles. The number of benzene rings is 4. The summed E-state index contributed by atoms with van der Waals surface area (Å²) in [6.07, 6.45) is 6.40. The number of hydrogen-bond donors (Lipinski definition) is 1. The van der Waals surface area contributed by atoms with Crippen molar-refractivity contribution in [2.75, 3.05) is 18.9 Å². The largest absolute Gasteiger partial charge is 0.480 e. The van der Waals surface area contributed by atoms with Crippen LogP contribution in [0.3, 0.4) is 0 Å². The smallest absolute Gasteiger partial charge is 0.320 e. The molecule has 3 atom stereocenters. The van der Waals surface area contributed by atoms with Crippen LogP contribution in [-0.2, 0) is 28.5 Å². The van der Waals surface area contributed by atoms with Gasteiger partial charge in [-0.25, -0.2) is 17.6 Å². The summed E-state index contributed by atoms with van der Waals surface area (Å²) in [5.41, 5.74) is 4.98. The van der Waals surface area contributed by atoms with E-state index < -0.39 is 40.7 Å². The number of aryl methyl sites for hydroxylation is 2. The number of carbonyl (C=O) groups is 1. The van der Waals surface area contributed by atoms with Gasteiger partial charge in [0.1, 0.15) is 6.04 Å². The summed E-state index contributed by atoms with van der Waals surface area (Å²) in [6.45, 7) is 2.25. The van der Waals surface area contributed by atoms with Crippen LogP contribution in [0.15, 0.2) is 72.8 Å². The Hall–Kier alpha value is -2.62. The number of carboxylic acids is 1. The minimum absolute atomic E-state index is 0. The van der Waals surface area contributed by atoms with Crippen LogP contribution in [-0.4, -0.2) is 40.9 Å². The van der Waals surface area contributed by atoms with Crippen molar-refractivity contribution >= 4 is 57.5 Å². The molecular weight excluding hydrogens is 789 g/mol. The maximum atomic E-state index is 14.1. The van der Waals surface area contributed by atoms with Gasteiger partial charge in [-0.3, -0.25) is 9.69 Å². The van der Waals surface area contributed by atoms with Crippen LogP contribution >= 0.6 is 51.5 Å². The fourth-order valence-electron chi connectivity index (χ4n) is 7.77. The third-order valence-corrected chi connectivity index (χ3v) is 11.7. The Bertz CT molecular complexity index is 1830. The zero-order valence-electron chi connectivity index (χ0n) is 28.4. The van der Waals surface area contributed by atoms with E-state index in [4.69, 9.17) is 23.2 Å². The fraction of sp³-hybridized carbons (Fsp3) is 0.375. The van der Waals surface area contributed by atoms with Gasteiger partial charge in [0.05, 0.1) is 0 Å². The second kappa shape index (κ2) is 17.5. The van der Waals surface area contributed by atoms with Crippen LogP contribution in [0, 0.1) is 23.3 Å². The van der Waals surface area contributed by atoms with Gasteiger partial charge in [-0.1, -0.05) is 63.4 Å². The topological polar surface area (TPSA) is 40.5 Å². The first-order valence-corrected chi connectivity index (χ1v) is 18.7. The summed E-state index contributed by atoms with van der Waals surface area (Å²) in [7, 11) is 1.78. The second-order valence-corrected chi connectivity index (χ2v) is 15.1. The summed E-state index contributed by atoms with van der Waals surface area (Å²) in [4.78, 5) is 13.0. The van der Waals surface area contributed by atoms with Crippen LogP contribution in [0.1, 0.15) is 78.8 Å². The molecule has 51 heavy (non-hydrogen) atoms. The van der Waals surface area contributed by atoms with Gasteiger partial charge in [-0.2, -0.15) is 0 Å². The molecule has 274 valence electrons. The van der Waals surface area contributed by atoms with E-state index in [-0.39, 0.29) is 17.8 Å². The molecule has 0 fully saturated rings. The molecule has 3 nitrogen and oxygen atoms in total. The normalized spacial score (nSPS) is 19.5.